The molecule has 2 aromatic rings. The summed E-state index contributed by atoms with van der Waals surface area (Å²) in [6.07, 6.45) is 2.56. The maximum Gasteiger partial charge on any atom is 0.145 e. The molecular weight excluding hydrogens is 316 g/mol. The van der Waals surface area contributed by atoms with Crippen LogP contribution in [-0.2, 0) is 9.59 Å². The molecule has 0 radical (unpaired) electrons. The highest BCUT2D eigenvalue weighted by molar-refractivity contribution is 5.70. The van der Waals surface area contributed by atoms with Crippen LogP contribution in [0.3, 0.4) is 0 Å². The van der Waals surface area contributed by atoms with Gasteiger partial charge >= 0.3 is 0 Å². The number of hydrogen-bond acceptors (Lipinski definition) is 4. The van der Waals surface area contributed by atoms with Crippen LogP contribution in [0.4, 0.5) is 0 Å². The lowest BCUT2D eigenvalue weighted by Crippen LogP contribution is -1.84. The average Bonchev–Trinajstić information content (AvgIpc) is 2.68. The van der Waals surface area contributed by atoms with Gasteiger partial charge in [-0.2, -0.15) is 0 Å². The molecule has 0 aromatic heterocycles. The van der Waals surface area contributed by atoms with E-state index in [0.717, 1.165) is 17.8 Å². The van der Waals surface area contributed by atoms with E-state index < -0.39 is 0 Å². The first kappa shape index (κ1) is 21.9. The van der Waals surface area contributed by atoms with E-state index in [1.54, 1.807) is 21.1 Å². The van der Waals surface area contributed by atoms with E-state index in [9.17, 15) is 4.79 Å². The van der Waals surface area contributed by atoms with Gasteiger partial charge in [-0.25, -0.2) is 0 Å². The summed E-state index contributed by atoms with van der Waals surface area (Å²) in [5.41, 5.74) is 2.91. The van der Waals surface area contributed by atoms with Crippen molar-refractivity contribution in [2.45, 2.75) is 6.92 Å². The largest absolute Gasteiger partial charge is 0.497 e. The zero-order valence-corrected chi connectivity index (χ0v) is 14.9. The fraction of sp³-hybridized carbons (Fsp3) is 0.143. The van der Waals surface area contributed by atoms with Crippen molar-refractivity contribution in [1.29, 1.82) is 0 Å². The Kier molecular flexibility index (Phi) is 11.6. The number of rotatable bonds is 5. The van der Waals surface area contributed by atoms with E-state index in [2.05, 4.69) is 13.2 Å². The number of carbonyl (C=O) groups excluding carboxylic acids is 2. The van der Waals surface area contributed by atoms with Crippen LogP contribution in [0.25, 0.3) is 11.1 Å². The molecule has 0 amide bonds. The lowest BCUT2D eigenvalue weighted by Gasteiger charge is -2.05. The second-order valence-corrected chi connectivity index (χ2v) is 4.79. The summed E-state index contributed by atoms with van der Waals surface area (Å²) in [7, 11) is 3.34. The molecule has 0 saturated carbocycles. The molecule has 0 unspecified atom stereocenters. The quantitative estimate of drug-likeness (QED) is 0.594. The number of ether oxygens (including phenoxy) is 2. The molecule has 132 valence electrons. The molecule has 0 atom stereocenters. The highest BCUT2D eigenvalue weighted by atomic mass is 16.5. The van der Waals surface area contributed by atoms with Crippen LogP contribution in [0.1, 0.15) is 6.92 Å². The fourth-order valence-electron chi connectivity index (χ4n) is 1.57. The molecule has 25 heavy (non-hydrogen) atoms. The van der Waals surface area contributed by atoms with Gasteiger partial charge in [0.05, 0.1) is 14.2 Å². The van der Waals surface area contributed by atoms with Crippen molar-refractivity contribution in [1.82, 2.24) is 0 Å². The third-order valence-corrected chi connectivity index (χ3v) is 2.81. The number of allylic oxidation sites excluding steroid dienone is 2. The van der Waals surface area contributed by atoms with Crippen LogP contribution in [0, 0.1) is 0 Å². The predicted molar refractivity (Wildman–Crippen MR) is 102 cm³/mol. The molecule has 0 bridgehead atoms. The molecule has 0 fully saturated rings. The van der Waals surface area contributed by atoms with Gasteiger partial charge < -0.3 is 9.47 Å². The van der Waals surface area contributed by atoms with E-state index >= 15 is 0 Å². The van der Waals surface area contributed by atoms with Crippen LogP contribution in [0.15, 0.2) is 73.3 Å². The molecule has 0 saturated heterocycles. The summed E-state index contributed by atoms with van der Waals surface area (Å²) >= 11 is 0. The summed E-state index contributed by atoms with van der Waals surface area (Å²) in [4.78, 5) is 18.5. The highest BCUT2D eigenvalue weighted by Crippen LogP contribution is 2.24. The maximum absolute atomic E-state index is 9.41. The number of hydrogen-bond donors (Lipinski definition) is 0. The van der Waals surface area contributed by atoms with E-state index in [4.69, 9.17) is 14.3 Å². The van der Waals surface area contributed by atoms with Gasteiger partial charge in [-0.3, -0.25) is 9.59 Å². The van der Waals surface area contributed by atoms with E-state index in [1.165, 1.54) is 17.2 Å². The van der Waals surface area contributed by atoms with Crippen LogP contribution >= 0.6 is 0 Å². The molecule has 0 aliphatic rings. The minimum absolute atomic E-state index is 0.574. The molecule has 4 heteroatoms. The Morgan fingerprint density at radius 1 is 0.840 bits per heavy atom. The second-order valence-electron chi connectivity index (χ2n) is 4.79. The Hall–Kier alpha value is -3.14. The van der Waals surface area contributed by atoms with Gasteiger partial charge in [0.15, 0.2) is 0 Å². The number of carbonyl (C=O) groups is 2. The van der Waals surface area contributed by atoms with E-state index in [1.807, 2.05) is 48.5 Å². The summed E-state index contributed by atoms with van der Waals surface area (Å²) in [6.45, 7) is 8.08. The SMILES string of the molecule is C=C(C)C=O.C=CC=O.COc1ccc(-c2ccc(OC)cc2)cc1. The van der Waals surface area contributed by atoms with Crippen molar-refractivity contribution in [2.75, 3.05) is 14.2 Å². The van der Waals surface area contributed by atoms with Gasteiger partial charge in [0.25, 0.3) is 0 Å². The predicted octanol–water partition coefficient (Wildman–Crippen LogP) is 4.50. The number of benzene rings is 2. The minimum atomic E-state index is 0.574. The summed E-state index contributed by atoms with van der Waals surface area (Å²) < 4.78 is 10.2. The maximum atomic E-state index is 9.41. The first-order valence-electron chi connectivity index (χ1n) is 7.47. The Balaban J connectivity index is 0.000000536. The third kappa shape index (κ3) is 9.56. The van der Waals surface area contributed by atoms with Crippen molar-refractivity contribution >= 4 is 12.6 Å². The van der Waals surface area contributed by atoms with Crippen molar-refractivity contribution in [3.05, 3.63) is 73.3 Å². The van der Waals surface area contributed by atoms with Crippen molar-refractivity contribution in [3.8, 4) is 22.6 Å². The zero-order valence-electron chi connectivity index (χ0n) is 14.9. The van der Waals surface area contributed by atoms with Gasteiger partial charge in [0, 0.05) is 0 Å². The lowest BCUT2D eigenvalue weighted by atomic mass is 10.1. The molecule has 4 nitrogen and oxygen atoms in total. The Morgan fingerprint density at radius 2 is 1.12 bits per heavy atom. The smallest absolute Gasteiger partial charge is 0.145 e. The molecule has 0 aliphatic carbocycles. The van der Waals surface area contributed by atoms with Gasteiger partial charge in [-0.05, 0) is 54.0 Å². The molecule has 0 aliphatic heterocycles. The molecular formula is C21H24O4. The summed E-state index contributed by atoms with van der Waals surface area (Å²) in [5.74, 6) is 1.74. The second kappa shape index (κ2) is 13.3. The van der Waals surface area contributed by atoms with Gasteiger partial charge in [-0.1, -0.05) is 37.4 Å². The minimum Gasteiger partial charge on any atom is -0.497 e. The van der Waals surface area contributed by atoms with Crippen LogP contribution in [0.5, 0.6) is 11.5 Å². The Morgan fingerprint density at radius 3 is 1.28 bits per heavy atom. The van der Waals surface area contributed by atoms with Crippen molar-refractivity contribution in [3.63, 3.8) is 0 Å². The first-order chi connectivity index (χ1) is 12.0. The molecule has 0 heterocycles. The van der Waals surface area contributed by atoms with E-state index in [0.29, 0.717) is 11.9 Å². The van der Waals surface area contributed by atoms with Crippen LogP contribution in [0.2, 0.25) is 0 Å². The standard InChI is InChI=1S/C14H14O2.C4H6O.C3H4O/c1-15-13-7-3-11(4-8-13)12-5-9-14(16-2)10-6-12;1-4(2)3-5;1-2-3-4/h3-10H,1-2H3;3H,1H2,2H3;2-3H,1H2. The third-order valence-electron chi connectivity index (χ3n) is 2.81. The first-order valence-corrected chi connectivity index (χ1v) is 7.47. The molecule has 0 spiro atoms. The Labute approximate surface area is 149 Å². The normalized spacial score (nSPS) is 8.44. The van der Waals surface area contributed by atoms with Crippen LogP contribution < -0.4 is 9.47 Å². The van der Waals surface area contributed by atoms with Crippen LogP contribution in [-0.4, -0.2) is 26.8 Å². The number of aldehydes is 2. The lowest BCUT2D eigenvalue weighted by molar-refractivity contribution is -0.105. The molecule has 2 rings (SSSR count). The number of methoxy groups -OCH3 is 2. The summed E-state index contributed by atoms with van der Waals surface area (Å²) in [6, 6.07) is 16.0. The fourth-order valence-corrected chi connectivity index (χ4v) is 1.57. The van der Waals surface area contributed by atoms with E-state index in [-0.39, 0.29) is 0 Å². The summed E-state index contributed by atoms with van der Waals surface area (Å²) in [5, 5.41) is 0. The molecule has 0 N–H and O–H groups in total. The molecule has 2 aromatic carbocycles. The van der Waals surface area contributed by atoms with Gasteiger partial charge in [0.1, 0.15) is 24.1 Å². The van der Waals surface area contributed by atoms with Crippen molar-refractivity contribution < 1.29 is 19.1 Å². The monoisotopic (exact) mass is 340 g/mol. The highest BCUT2D eigenvalue weighted by Gasteiger charge is 1.98. The van der Waals surface area contributed by atoms with Gasteiger partial charge in [-0.15, -0.1) is 0 Å². The average molecular weight is 340 g/mol. The Bertz CT molecular complexity index is 604. The zero-order chi connectivity index (χ0) is 19.1. The van der Waals surface area contributed by atoms with Gasteiger partial charge in [0.2, 0.25) is 0 Å². The van der Waals surface area contributed by atoms with Crippen molar-refractivity contribution in [2.24, 2.45) is 0 Å². The topological polar surface area (TPSA) is 52.6 Å².